The van der Waals surface area contributed by atoms with Gasteiger partial charge in [-0.25, -0.2) is 4.39 Å². The normalized spacial score (nSPS) is 16.9. The first-order valence-electron chi connectivity index (χ1n) is 10.9. The lowest BCUT2D eigenvalue weighted by molar-refractivity contribution is -0.453. The Hall–Kier alpha value is -1.09. The van der Waals surface area contributed by atoms with Crippen LogP contribution in [0.1, 0.15) is 48.5 Å². The molecule has 21 heteroatoms. The zero-order chi connectivity index (χ0) is 32.9. The van der Waals surface area contributed by atoms with Crippen LogP contribution in [-0.4, -0.2) is 80.3 Å². The van der Waals surface area contributed by atoms with Crippen molar-refractivity contribution < 1.29 is 87.9 Å². The van der Waals surface area contributed by atoms with Crippen LogP contribution >= 0.6 is 0 Å². The number of rotatable bonds is 15. The Morgan fingerprint density at radius 1 is 0.400 bits per heavy atom. The van der Waals surface area contributed by atoms with Crippen LogP contribution in [0.3, 0.4) is 0 Å². The van der Waals surface area contributed by atoms with Crippen molar-refractivity contribution in [3.8, 4) is 0 Å². The van der Waals surface area contributed by atoms with E-state index in [-0.39, 0.29) is 0 Å². The van der Waals surface area contributed by atoms with Crippen LogP contribution in [0.5, 0.6) is 0 Å². The molecule has 0 aliphatic rings. The van der Waals surface area contributed by atoms with Gasteiger partial charge in [0, 0.05) is 18.3 Å². The minimum absolute atomic E-state index is 0.647. The molecule has 0 aromatic rings. The van der Waals surface area contributed by atoms with E-state index in [0.29, 0.717) is 0 Å². The first kappa shape index (κ1) is 38.9. The summed E-state index contributed by atoms with van der Waals surface area (Å²) in [6.45, 7) is 4.10. The topological polar surface area (TPSA) is 27.7 Å². The van der Waals surface area contributed by atoms with Crippen molar-refractivity contribution in [3.05, 3.63) is 0 Å². The average Bonchev–Trinajstić information content (AvgIpc) is 2.70. The Morgan fingerprint density at radius 2 is 0.625 bits per heavy atom. The van der Waals surface area contributed by atoms with Crippen molar-refractivity contribution in [2.75, 3.05) is 0 Å². The van der Waals surface area contributed by atoms with Crippen LogP contribution in [0.25, 0.3) is 0 Å². The van der Waals surface area contributed by atoms with Gasteiger partial charge in [0.05, 0.1) is 0 Å². The van der Waals surface area contributed by atoms with Gasteiger partial charge in [-0.05, 0) is 48.5 Å². The van der Waals surface area contributed by atoms with Gasteiger partial charge in [-0.1, -0.05) is 0 Å². The summed E-state index contributed by atoms with van der Waals surface area (Å²) in [5.74, 6) is -57.1. The molecule has 0 spiro atoms. The van der Waals surface area contributed by atoms with Crippen molar-refractivity contribution in [3.63, 3.8) is 0 Å². The van der Waals surface area contributed by atoms with Gasteiger partial charge < -0.3 is 13.3 Å². The summed E-state index contributed by atoms with van der Waals surface area (Å²) in [5.41, 5.74) is -6.92. The fourth-order valence-corrected chi connectivity index (χ4v) is 5.89. The zero-order valence-electron chi connectivity index (χ0n) is 21.5. The highest BCUT2D eigenvalue weighted by Gasteiger charge is 2.97. The molecule has 0 bridgehead atoms. The number of alkyl halides is 17. The Labute approximate surface area is 217 Å². The predicted octanol–water partition coefficient (Wildman–Crippen LogP) is 8.18. The highest BCUT2D eigenvalue weighted by atomic mass is 28.4. The molecule has 0 heterocycles. The number of halogens is 17. The summed E-state index contributed by atoms with van der Waals surface area (Å²) >= 11 is 0. The Balaban J connectivity index is 7.42. The zero-order valence-corrected chi connectivity index (χ0v) is 22.5. The smallest absolute Gasteiger partial charge is 0.367 e. The van der Waals surface area contributed by atoms with Crippen molar-refractivity contribution in [1.29, 1.82) is 0 Å². The third kappa shape index (κ3) is 5.63. The summed E-state index contributed by atoms with van der Waals surface area (Å²) < 4.78 is 253. The van der Waals surface area contributed by atoms with Crippen LogP contribution in [0.2, 0.25) is 0 Å². The molecule has 3 nitrogen and oxygen atoms in total. The molecule has 0 saturated heterocycles. The molecule has 242 valence electrons. The molecule has 0 amide bonds. The molecular formula is C19H25F17O3Si. The van der Waals surface area contributed by atoms with Crippen LogP contribution in [0.15, 0.2) is 0 Å². The van der Waals surface area contributed by atoms with Gasteiger partial charge in [-0.3, -0.25) is 0 Å². The fraction of sp³-hybridized carbons (Fsp3) is 1.00. The van der Waals surface area contributed by atoms with E-state index in [1.54, 1.807) is 0 Å². The SMILES string of the molecule is CC(C)O[Si](OC(C)C)(OC(C)C)C(F)(F)C(F)(F)C(F)(F)C(F)(F)C(F)(F)C(F)(F)C(F)(F)C(F)(F)C(C)F. The molecule has 0 fully saturated rings. The monoisotopic (exact) mass is 652 g/mol. The van der Waals surface area contributed by atoms with Crippen molar-refractivity contribution >= 4 is 8.80 Å². The molecular weight excluding hydrogens is 627 g/mol. The third-order valence-electron chi connectivity index (χ3n) is 4.84. The van der Waals surface area contributed by atoms with Gasteiger partial charge in [-0.15, -0.1) is 0 Å². The van der Waals surface area contributed by atoms with E-state index in [1.165, 1.54) is 0 Å². The second-order valence-corrected chi connectivity index (χ2v) is 11.8. The number of hydrogen-bond donors (Lipinski definition) is 0. The maximum Gasteiger partial charge on any atom is 0.582 e. The summed E-state index contributed by atoms with van der Waals surface area (Å²) in [4.78, 5) is 0. The van der Waals surface area contributed by atoms with Gasteiger partial charge in [0.25, 0.3) is 0 Å². The van der Waals surface area contributed by atoms with E-state index in [9.17, 15) is 65.9 Å². The van der Waals surface area contributed by atoms with Gasteiger partial charge in [0.2, 0.25) is 0 Å². The highest BCUT2D eigenvalue weighted by Crippen LogP contribution is 2.65. The fourth-order valence-electron chi connectivity index (χ4n) is 2.87. The van der Waals surface area contributed by atoms with Gasteiger partial charge in [0.1, 0.15) is 0 Å². The molecule has 0 N–H and O–H groups in total. The third-order valence-corrected chi connectivity index (χ3v) is 8.27. The quantitative estimate of drug-likeness (QED) is 0.132. The van der Waals surface area contributed by atoms with Crippen LogP contribution in [-0.2, 0) is 13.3 Å². The first-order valence-corrected chi connectivity index (χ1v) is 12.6. The molecule has 40 heavy (non-hydrogen) atoms. The second-order valence-electron chi connectivity index (χ2n) is 9.32. The van der Waals surface area contributed by atoms with Crippen molar-refractivity contribution in [2.45, 2.75) is 120 Å². The van der Waals surface area contributed by atoms with E-state index in [2.05, 4.69) is 13.3 Å². The molecule has 0 aromatic carbocycles. The van der Waals surface area contributed by atoms with Gasteiger partial charge >= 0.3 is 55.8 Å². The highest BCUT2D eigenvalue weighted by molar-refractivity contribution is 6.64. The Bertz CT molecular complexity index is 832. The minimum atomic E-state index is -8.66. The molecule has 0 aromatic heterocycles. The maximum absolute atomic E-state index is 15.2. The lowest BCUT2D eigenvalue weighted by Crippen LogP contribution is -2.79. The van der Waals surface area contributed by atoms with Crippen LogP contribution in [0, 0.1) is 0 Å². The first-order chi connectivity index (χ1) is 17.2. The predicted molar refractivity (Wildman–Crippen MR) is 105 cm³/mol. The van der Waals surface area contributed by atoms with Gasteiger partial charge in [0.15, 0.2) is 6.17 Å². The maximum atomic E-state index is 15.2. The second kappa shape index (κ2) is 11.2. The number of hydrogen-bond acceptors (Lipinski definition) is 3. The van der Waals surface area contributed by atoms with Crippen molar-refractivity contribution in [2.24, 2.45) is 0 Å². The molecule has 0 rings (SSSR count). The van der Waals surface area contributed by atoms with Gasteiger partial charge in [-0.2, -0.15) is 70.2 Å². The molecule has 0 radical (unpaired) electrons. The summed E-state index contributed by atoms with van der Waals surface area (Å²) in [5, 5.41) is 0. The van der Waals surface area contributed by atoms with Crippen molar-refractivity contribution in [1.82, 2.24) is 0 Å². The van der Waals surface area contributed by atoms with E-state index >= 15 is 8.78 Å². The lowest BCUT2D eigenvalue weighted by atomic mass is 9.88. The molecule has 0 aliphatic carbocycles. The minimum Gasteiger partial charge on any atom is -0.367 e. The molecule has 1 unspecified atom stereocenters. The molecule has 1 atom stereocenters. The van der Waals surface area contributed by atoms with E-state index < -0.39 is 87.2 Å². The van der Waals surface area contributed by atoms with Crippen LogP contribution < -0.4 is 0 Å². The average molecular weight is 652 g/mol. The van der Waals surface area contributed by atoms with Crippen LogP contribution in [0.4, 0.5) is 74.6 Å². The summed E-state index contributed by atoms with van der Waals surface area (Å²) in [6.07, 6.45) is -9.71. The summed E-state index contributed by atoms with van der Waals surface area (Å²) in [7, 11) is -6.87. The lowest BCUT2D eigenvalue weighted by Gasteiger charge is -2.46. The van der Waals surface area contributed by atoms with E-state index in [4.69, 9.17) is 0 Å². The molecule has 0 aliphatic heterocycles. The largest absolute Gasteiger partial charge is 0.582 e. The Kier molecular flexibility index (Phi) is 10.9. The molecule has 0 saturated carbocycles. The Morgan fingerprint density at radius 3 is 0.850 bits per heavy atom. The van der Waals surface area contributed by atoms with E-state index in [0.717, 1.165) is 41.5 Å². The summed E-state index contributed by atoms with van der Waals surface area (Å²) in [6, 6.07) is 0. The van der Waals surface area contributed by atoms with E-state index in [1.807, 2.05) is 0 Å². The standard InChI is InChI=1S/C19H25F17O3Si/c1-8(2)37-40(38-9(3)4,39-10(5)6)19(35,36)18(33,34)17(31,32)16(29,30)15(27,28)14(25,26)13(23,24)12(21,22)11(7)20/h8-11H,1-7H3.